The van der Waals surface area contributed by atoms with Gasteiger partial charge in [0.25, 0.3) is 0 Å². The van der Waals surface area contributed by atoms with Crippen LogP contribution in [0, 0.1) is 17.8 Å². The van der Waals surface area contributed by atoms with Crippen LogP contribution in [0.25, 0.3) is 0 Å². The van der Waals surface area contributed by atoms with E-state index in [1.807, 2.05) is 24.3 Å². The van der Waals surface area contributed by atoms with Crippen molar-refractivity contribution in [2.45, 2.75) is 53.2 Å². The van der Waals surface area contributed by atoms with Gasteiger partial charge >= 0.3 is 0 Å². The van der Waals surface area contributed by atoms with Gasteiger partial charge in [-0.1, -0.05) is 52.7 Å². The molecule has 0 amide bonds. The van der Waals surface area contributed by atoms with Crippen molar-refractivity contribution in [1.82, 2.24) is 0 Å². The lowest BCUT2D eigenvalue weighted by Crippen LogP contribution is -2.33. The Bertz CT molecular complexity index is 856. The molecule has 2 rings (SSSR count). The average Bonchev–Trinajstić information content (AvgIpc) is 2.72. The molecule has 0 aliphatic carbocycles. The number of hydrogen-bond donors (Lipinski definition) is 0. The molecule has 0 aliphatic heterocycles. The lowest BCUT2D eigenvalue weighted by Gasteiger charge is -2.39. The second-order valence-electron chi connectivity index (χ2n) is 9.23. The molecular weight excluding hydrogens is 388 g/mol. The van der Waals surface area contributed by atoms with Gasteiger partial charge in [-0.15, -0.1) is 6.42 Å². The number of methoxy groups -OCH3 is 2. The molecule has 2 aromatic carbocycles. The standard InChI is InChI=1S/C27H36O4/c1-9-20-16-21(18-28-7)25(22(17-20)19-29-8)31-15-14-30-24-12-10-23(11-13-24)27(5,6)26(2,3)4/h1,10-13,16-17H,14-15,18-19H2,2-8H3. The van der Waals surface area contributed by atoms with Crippen LogP contribution in [-0.4, -0.2) is 27.4 Å². The van der Waals surface area contributed by atoms with E-state index >= 15 is 0 Å². The lowest BCUT2D eigenvalue weighted by atomic mass is 9.65. The van der Waals surface area contributed by atoms with E-state index in [0.29, 0.717) is 26.4 Å². The zero-order valence-corrected chi connectivity index (χ0v) is 20.0. The van der Waals surface area contributed by atoms with Crippen LogP contribution >= 0.6 is 0 Å². The van der Waals surface area contributed by atoms with Crippen molar-refractivity contribution in [1.29, 1.82) is 0 Å². The Labute approximate surface area is 187 Å². The van der Waals surface area contributed by atoms with Crippen LogP contribution in [-0.2, 0) is 28.1 Å². The highest BCUT2D eigenvalue weighted by Gasteiger charge is 2.34. The molecule has 168 valence electrons. The first-order chi connectivity index (χ1) is 14.6. The third kappa shape index (κ3) is 6.26. The monoisotopic (exact) mass is 424 g/mol. The summed E-state index contributed by atoms with van der Waals surface area (Å²) in [6, 6.07) is 12.2. The molecule has 4 nitrogen and oxygen atoms in total. The van der Waals surface area contributed by atoms with Crippen molar-refractivity contribution in [3.05, 3.63) is 58.7 Å². The summed E-state index contributed by atoms with van der Waals surface area (Å²) in [5, 5.41) is 0. The lowest BCUT2D eigenvalue weighted by molar-refractivity contribution is 0.164. The summed E-state index contributed by atoms with van der Waals surface area (Å²) in [5.41, 5.74) is 4.11. The molecule has 0 radical (unpaired) electrons. The van der Waals surface area contributed by atoms with Crippen LogP contribution in [0.2, 0.25) is 0 Å². The van der Waals surface area contributed by atoms with Crippen LogP contribution in [0.15, 0.2) is 36.4 Å². The molecule has 0 atom stereocenters. The Morgan fingerprint density at radius 1 is 0.806 bits per heavy atom. The minimum absolute atomic E-state index is 0.0642. The van der Waals surface area contributed by atoms with Gasteiger partial charge in [-0.25, -0.2) is 0 Å². The van der Waals surface area contributed by atoms with Crippen LogP contribution in [0.1, 0.15) is 56.9 Å². The largest absolute Gasteiger partial charge is 0.490 e. The third-order valence-corrected chi connectivity index (χ3v) is 6.06. The van der Waals surface area contributed by atoms with Gasteiger partial charge in [-0.05, 0) is 40.7 Å². The molecule has 31 heavy (non-hydrogen) atoms. The summed E-state index contributed by atoms with van der Waals surface area (Å²) < 4.78 is 22.6. The molecule has 0 saturated heterocycles. The molecule has 0 spiro atoms. The maximum atomic E-state index is 6.06. The highest BCUT2D eigenvalue weighted by atomic mass is 16.5. The Balaban J connectivity index is 2.03. The van der Waals surface area contributed by atoms with E-state index in [1.165, 1.54) is 5.56 Å². The molecule has 2 aromatic rings. The van der Waals surface area contributed by atoms with E-state index < -0.39 is 0 Å². The van der Waals surface area contributed by atoms with Crippen molar-refractivity contribution in [2.75, 3.05) is 27.4 Å². The van der Waals surface area contributed by atoms with E-state index in [9.17, 15) is 0 Å². The smallest absolute Gasteiger partial charge is 0.130 e. The fourth-order valence-corrected chi connectivity index (χ4v) is 3.25. The molecule has 0 unspecified atom stereocenters. The summed E-state index contributed by atoms with van der Waals surface area (Å²) in [7, 11) is 3.30. The zero-order chi connectivity index (χ0) is 23.1. The molecule has 0 saturated carbocycles. The number of hydrogen-bond acceptors (Lipinski definition) is 4. The Hall–Kier alpha value is -2.48. The third-order valence-electron chi connectivity index (χ3n) is 6.06. The summed E-state index contributed by atoms with van der Waals surface area (Å²) >= 11 is 0. The maximum Gasteiger partial charge on any atom is 0.130 e. The van der Waals surface area contributed by atoms with Gasteiger partial charge in [0.15, 0.2) is 0 Å². The van der Waals surface area contributed by atoms with Crippen molar-refractivity contribution >= 4 is 0 Å². The predicted octanol–water partition coefficient (Wildman–Crippen LogP) is 5.74. The predicted molar refractivity (Wildman–Crippen MR) is 126 cm³/mol. The molecule has 4 heteroatoms. The summed E-state index contributed by atoms with van der Waals surface area (Å²) in [5.74, 6) is 4.25. The fraction of sp³-hybridized carbons (Fsp3) is 0.481. The van der Waals surface area contributed by atoms with Gasteiger partial charge in [0.1, 0.15) is 24.7 Å². The van der Waals surface area contributed by atoms with Crippen molar-refractivity contribution in [2.24, 2.45) is 5.41 Å². The maximum absolute atomic E-state index is 6.06. The summed E-state index contributed by atoms with van der Waals surface area (Å²) in [6.07, 6.45) is 5.58. The number of ether oxygens (including phenoxy) is 4. The highest BCUT2D eigenvalue weighted by Crippen LogP contribution is 2.41. The topological polar surface area (TPSA) is 36.9 Å². The molecule has 0 fully saturated rings. The summed E-state index contributed by atoms with van der Waals surface area (Å²) in [4.78, 5) is 0. The van der Waals surface area contributed by atoms with Gasteiger partial charge < -0.3 is 18.9 Å². The molecule has 0 heterocycles. The fourth-order valence-electron chi connectivity index (χ4n) is 3.25. The van der Waals surface area contributed by atoms with E-state index in [4.69, 9.17) is 25.4 Å². The van der Waals surface area contributed by atoms with Crippen LogP contribution in [0.5, 0.6) is 11.5 Å². The normalized spacial score (nSPS) is 11.8. The second kappa shape index (κ2) is 10.7. The molecule has 0 aromatic heterocycles. The van der Waals surface area contributed by atoms with Crippen molar-refractivity contribution in [3.8, 4) is 23.8 Å². The van der Waals surface area contributed by atoms with Gasteiger partial charge in [0.05, 0.1) is 13.2 Å². The first kappa shape index (κ1) is 24.8. The van der Waals surface area contributed by atoms with Crippen molar-refractivity contribution < 1.29 is 18.9 Å². The molecular formula is C27H36O4. The average molecular weight is 425 g/mol. The first-order valence-corrected chi connectivity index (χ1v) is 10.6. The number of terminal acetylenes is 1. The SMILES string of the molecule is C#Cc1cc(COC)c(OCCOc2ccc(C(C)(C)C(C)(C)C)cc2)c(COC)c1. The first-order valence-electron chi connectivity index (χ1n) is 10.6. The molecule has 0 aliphatic rings. The van der Waals surface area contributed by atoms with Gasteiger partial charge in [-0.2, -0.15) is 0 Å². The number of rotatable bonds is 10. The Morgan fingerprint density at radius 2 is 1.32 bits per heavy atom. The quantitative estimate of drug-likeness (QED) is 0.360. The van der Waals surface area contributed by atoms with E-state index in [0.717, 1.165) is 28.2 Å². The molecule has 0 N–H and O–H groups in total. The zero-order valence-electron chi connectivity index (χ0n) is 20.0. The van der Waals surface area contributed by atoms with Gasteiger partial charge in [0.2, 0.25) is 0 Å². The van der Waals surface area contributed by atoms with Crippen LogP contribution < -0.4 is 9.47 Å². The Kier molecular flexibility index (Phi) is 8.56. The molecule has 0 bridgehead atoms. The minimum atomic E-state index is 0.0642. The van der Waals surface area contributed by atoms with Crippen LogP contribution in [0.3, 0.4) is 0 Å². The van der Waals surface area contributed by atoms with Gasteiger partial charge in [-0.3, -0.25) is 0 Å². The minimum Gasteiger partial charge on any atom is -0.490 e. The van der Waals surface area contributed by atoms with Crippen LogP contribution in [0.4, 0.5) is 0 Å². The van der Waals surface area contributed by atoms with E-state index in [1.54, 1.807) is 14.2 Å². The van der Waals surface area contributed by atoms with E-state index in [-0.39, 0.29) is 10.8 Å². The van der Waals surface area contributed by atoms with Gasteiger partial charge in [0, 0.05) is 30.9 Å². The number of benzene rings is 2. The second-order valence-corrected chi connectivity index (χ2v) is 9.23. The summed E-state index contributed by atoms with van der Waals surface area (Å²) in [6.45, 7) is 13.0. The van der Waals surface area contributed by atoms with Crippen molar-refractivity contribution in [3.63, 3.8) is 0 Å². The van der Waals surface area contributed by atoms with E-state index in [2.05, 4.69) is 52.7 Å². The highest BCUT2D eigenvalue weighted by molar-refractivity contribution is 5.49. The Morgan fingerprint density at radius 3 is 1.77 bits per heavy atom.